The summed E-state index contributed by atoms with van der Waals surface area (Å²) in [6.07, 6.45) is 5.36. The molecule has 1 aromatic rings. The summed E-state index contributed by atoms with van der Waals surface area (Å²) < 4.78 is 5.77. The Labute approximate surface area is 112 Å². The fraction of sp³-hybridized carbons (Fsp3) is 0.571. The molecule has 104 valence electrons. The molecule has 0 aromatic heterocycles. The highest BCUT2D eigenvalue weighted by Crippen LogP contribution is 2.24. The lowest BCUT2D eigenvalue weighted by atomic mass is 9.96. The molecule has 5 nitrogen and oxygen atoms in total. The number of nitro benzene ring substituents is 1. The first-order valence-electron chi connectivity index (χ1n) is 6.76. The van der Waals surface area contributed by atoms with Crippen molar-refractivity contribution in [1.29, 1.82) is 0 Å². The molecule has 1 aliphatic rings. The van der Waals surface area contributed by atoms with Gasteiger partial charge in [0, 0.05) is 12.1 Å². The monoisotopic (exact) mass is 265 g/mol. The topological polar surface area (TPSA) is 72.6 Å². The summed E-state index contributed by atoms with van der Waals surface area (Å²) in [6, 6.07) is 6.02. The Kier molecular flexibility index (Phi) is 4.74. The third kappa shape index (κ3) is 3.92. The Morgan fingerprint density at radius 1 is 1.11 bits per heavy atom. The number of aliphatic hydroxyl groups excluding tert-OH is 1. The smallest absolute Gasteiger partial charge is 0.269 e. The van der Waals surface area contributed by atoms with E-state index in [1.165, 1.54) is 25.0 Å². The molecule has 1 fully saturated rings. The van der Waals surface area contributed by atoms with Crippen molar-refractivity contribution in [3.8, 4) is 5.75 Å². The molecular formula is C14H19NO4. The van der Waals surface area contributed by atoms with Gasteiger partial charge >= 0.3 is 0 Å². The minimum Gasteiger partial charge on any atom is -0.488 e. The molecule has 0 amide bonds. The van der Waals surface area contributed by atoms with E-state index in [2.05, 4.69) is 0 Å². The normalized spacial score (nSPS) is 24.3. The molecular weight excluding hydrogens is 246 g/mol. The first-order chi connectivity index (χ1) is 9.16. The van der Waals surface area contributed by atoms with Crippen LogP contribution in [0.4, 0.5) is 5.69 Å². The Bertz CT molecular complexity index is 418. The quantitative estimate of drug-likeness (QED) is 0.673. The number of ether oxygens (including phenoxy) is 1. The lowest BCUT2D eigenvalue weighted by Crippen LogP contribution is -2.32. The second-order valence-corrected chi connectivity index (χ2v) is 4.97. The second-order valence-electron chi connectivity index (χ2n) is 4.97. The van der Waals surface area contributed by atoms with E-state index in [1.807, 2.05) is 0 Å². The van der Waals surface area contributed by atoms with Crippen molar-refractivity contribution in [2.75, 3.05) is 0 Å². The molecule has 0 saturated heterocycles. The number of hydrogen-bond acceptors (Lipinski definition) is 4. The van der Waals surface area contributed by atoms with Gasteiger partial charge in [-0.15, -0.1) is 0 Å². The molecule has 2 atom stereocenters. The van der Waals surface area contributed by atoms with Crippen LogP contribution in [0.3, 0.4) is 0 Å². The maximum absolute atomic E-state index is 10.6. The van der Waals surface area contributed by atoms with Gasteiger partial charge in [0.2, 0.25) is 0 Å². The third-order valence-corrected chi connectivity index (χ3v) is 3.50. The van der Waals surface area contributed by atoms with Crippen molar-refractivity contribution >= 4 is 5.69 Å². The van der Waals surface area contributed by atoms with Crippen molar-refractivity contribution in [1.82, 2.24) is 0 Å². The van der Waals surface area contributed by atoms with E-state index in [4.69, 9.17) is 4.74 Å². The molecule has 1 aliphatic carbocycles. The van der Waals surface area contributed by atoms with Crippen LogP contribution in [-0.2, 0) is 0 Å². The van der Waals surface area contributed by atoms with E-state index in [-0.39, 0.29) is 11.8 Å². The number of benzene rings is 1. The standard InChI is InChI=1S/C14H19NO4/c16-13-5-3-1-2-4-6-14(13)19-12-9-7-11(8-10-12)15(17)18/h7-10,13-14,16H,1-6H2. The van der Waals surface area contributed by atoms with Gasteiger partial charge in [-0.2, -0.15) is 0 Å². The van der Waals surface area contributed by atoms with Gasteiger partial charge in [0.1, 0.15) is 11.9 Å². The van der Waals surface area contributed by atoms with E-state index in [9.17, 15) is 15.2 Å². The van der Waals surface area contributed by atoms with Crippen molar-refractivity contribution < 1.29 is 14.8 Å². The number of aliphatic hydroxyl groups is 1. The van der Waals surface area contributed by atoms with Gasteiger partial charge in [-0.3, -0.25) is 10.1 Å². The number of rotatable bonds is 3. The highest BCUT2D eigenvalue weighted by Gasteiger charge is 2.22. The summed E-state index contributed by atoms with van der Waals surface area (Å²) in [5.74, 6) is 0.579. The molecule has 0 radical (unpaired) electrons. The number of hydrogen-bond donors (Lipinski definition) is 1. The molecule has 0 heterocycles. The summed E-state index contributed by atoms with van der Waals surface area (Å²) in [4.78, 5) is 10.1. The van der Waals surface area contributed by atoms with Crippen molar-refractivity contribution in [2.45, 2.75) is 50.7 Å². The predicted octanol–water partition coefficient (Wildman–Crippen LogP) is 3.06. The average molecular weight is 265 g/mol. The van der Waals surface area contributed by atoms with Gasteiger partial charge in [0.05, 0.1) is 11.0 Å². The van der Waals surface area contributed by atoms with E-state index in [0.29, 0.717) is 5.75 Å². The molecule has 0 bridgehead atoms. The Balaban J connectivity index is 1.99. The van der Waals surface area contributed by atoms with Gasteiger partial charge in [-0.1, -0.05) is 19.3 Å². The van der Waals surface area contributed by atoms with Crippen molar-refractivity contribution in [3.05, 3.63) is 34.4 Å². The molecule has 0 aliphatic heterocycles. The number of nitro groups is 1. The zero-order chi connectivity index (χ0) is 13.7. The lowest BCUT2D eigenvalue weighted by Gasteiger charge is -2.26. The molecule has 2 rings (SSSR count). The minimum absolute atomic E-state index is 0.0468. The van der Waals surface area contributed by atoms with Crippen LogP contribution < -0.4 is 4.74 Å². The first-order valence-corrected chi connectivity index (χ1v) is 6.76. The van der Waals surface area contributed by atoms with Crippen LogP contribution in [0.2, 0.25) is 0 Å². The summed E-state index contributed by atoms with van der Waals surface area (Å²) in [5, 5.41) is 20.6. The molecule has 5 heteroatoms. The van der Waals surface area contributed by atoms with Crippen molar-refractivity contribution in [2.24, 2.45) is 0 Å². The van der Waals surface area contributed by atoms with Crippen molar-refractivity contribution in [3.63, 3.8) is 0 Å². The summed E-state index contributed by atoms with van der Waals surface area (Å²) in [7, 11) is 0. The maximum atomic E-state index is 10.6. The summed E-state index contributed by atoms with van der Waals surface area (Å²) in [5.41, 5.74) is 0.0468. The van der Waals surface area contributed by atoms with Crippen LogP contribution in [0.25, 0.3) is 0 Å². The Morgan fingerprint density at radius 2 is 1.74 bits per heavy atom. The summed E-state index contributed by atoms with van der Waals surface area (Å²) >= 11 is 0. The number of nitrogens with zero attached hydrogens (tertiary/aromatic N) is 1. The average Bonchev–Trinajstić information content (AvgIpc) is 2.39. The van der Waals surface area contributed by atoms with Crippen LogP contribution in [0.5, 0.6) is 5.75 Å². The maximum Gasteiger partial charge on any atom is 0.269 e. The highest BCUT2D eigenvalue weighted by atomic mass is 16.6. The fourth-order valence-electron chi connectivity index (χ4n) is 2.39. The number of non-ortho nitro benzene ring substituents is 1. The molecule has 19 heavy (non-hydrogen) atoms. The second kappa shape index (κ2) is 6.52. The molecule has 1 saturated carbocycles. The van der Waals surface area contributed by atoms with E-state index < -0.39 is 11.0 Å². The zero-order valence-electron chi connectivity index (χ0n) is 10.8. The molecule has 0 spiro atoms. The van der Waals surface area contributed by atoms with Crippen LogP contribution >= 0.6 is 0 Å². The van der Waals surface area contributed by atoms with Crippen LogP contribution in [-0.4, -0.2) is 22.2 Å². The molecule has 1 N–H and O–H groups in total. The van der Waals surface area contributed by atoms with E-state index >= 15 is 0 Å². The highest BCUT2D eigenvalue weighted by molar-refractivity contribution is 5.36. The Morgan fingerprint density at radius 3 is 2.37 bits per heavy atom. The zero-order valence-corrected chi connectivity index (χ0v) is 10.8. The van der Waals surface area contributed by atoms with Crippen LogP contribution in [0.15, 0.2) is 24.3 Å². The first kappa shape index (κ1) is 13.8. The van der Waals surface area contributed by atoms with Gasteiger partial charge in [0.15, 0.2) is 0 Å². The van der Waals surface area contributed by atoms with Crippen LogP contribution in [0, 0.1) is 10.1 Å². The van der Waals surface area contributed by atoms with Gasteiger partial charge in [0.25, 0.3) is 5.69 Å². The van der Waals surface area contributed by atoms with Gasteiger partial charge in [-0.05, 0) is 31.4 Å². The van der Waals surface area contributed by atoms with E-state index in [0.717, 1.165) is 25.7 Å². The predicted molar refractivity (Wildman–Crippen MR) is 71.2 cm³/mol. The SMILES string of the molecule is O=[N+]([O-])c1ccc(OC2CCCCCCC2O)cc1. The largest absolute Gasteiger partial charge is 0.488 e. The van der Waals surface area contributed by atoms with Crippen LogP contribution in [0.1, 0.15) is 38.5 Å². The molecule has 2 unspecified atom stereocenters. The minimum atomic E-state index is -0.449. The summed E-state index contributed by atoms with van der Waals surface area (Å²) in [6.45, 7) is 0. The molecule has 1 aromatic carbocycles. The lowest BCUT2D eigenvalue weighted by molar-refractivity contribution is -0.384. The third-order valence-electron chi connectivity index (χ3n) is 3.50. The van der Waals surface area contributed by atoms with Gasteiger partial charge < -0.3 is 9.84 Å². The Hall–Kier alpha value is -1.62. The van der Waals surface area contributed by atoms with Gasteiger partial charge in [-0.25, -0.2) is 0 Å². The van der Waals surface area contributed by atoms with E-state index in [1.54, 1.807) is 12.1 Å². The fourth-order valence-corrected chi connectivity index (χ4v) is 2.39.